The quantitative estimate of drug-likeness (QED) is 0.814. The number of hydrogen-bond donors (Lipinski definition) is 1. The normalized spacial score (nSPS) is 10.4. The van der Waals surface area contributed by atoms with Gasteiger partial charge in [-0.3, -0.25) is 0 Å². The van der Waals surface area contributed by atoms with Crippen LogP contribution in [-0.2, 0) is 22.6 Å². The van der Waals surface area contributed by atoms with Crippen LogP contribution < -0.4 is 4.74 Å². The van der Waals surface area contributed by atoms with Gasteiger partial charge >= 0.3 is 5.97 Å². The summed E-state index contributed by atoms with van der Waals surface area (Å²) in [6, 6.07) is 7.53. The molecule has 7 nitrogen and oxygen atoms in total. The van der Waals surface area contributed by atoms with E-state index in [2.05, 4.69) is 10.1 Å². The molecule has 0 aliphatic carbocycles. The van der Waals surface area contributed by atoms with Crippen LogP contribution in [0.4, 0.5) is 0 Å². The van der Waals surface area contributed by atoms with Gasteiger partial charge < -0.3 is 19.1 Å². The molecule has 106 valence electrons. The Hall–Kier alpha value is -2.41. The van der Waals surface area contributed by atoms with Gasteiger partial charge in [0.25, 0.3) is 5.89 Å². The van der Waals surface area contributed by atoms with E-state index in [1.54, 1.807) is 7.11 Å². The SMILES string of the molecule is COc1ccc(Cc2noc(COCC(=O)O)n2)cc1. The molecule has 0 aliphatic heterocycles. The summed E-state index contributed by atoms with van der Waals surface area (Å²) >= 11 is 0. The third-order valence-electron chi connectivity index (χ3n) is 2.48. The molecule has 1 aromatic carbocycles. The van der Waals surface area contributed by atoms with Crippen molar-refractivity contribution >= 4 is 5.97 Å². The first-order valence-corrected chi connectivity index (χ1v) is 5.91. The molecule has 0 unspecified atom stereocenters. The van der Waals surface area contributed by atoms with Crippen molar-refractivity contribution in [3.63, 3.8) is 0 Å². The van der Waals surface area contributed by atoms with E-state index in [1.165, 1.54) is 0 Å². The molecular weight excluding hydrogens is 264 g/mol. The smallest absolute Gasteiger partial charge is 0.329 e. The maximum atomic E-state index is 10.3. The van der Waals surface area contributed by atoms with Crippen molar-refractivity contribution in [3.05, 3.63) is 41.5 Å². The highest BCUT2D eigenvalue weighted by Gasteiger charge is 2.08. The minimum atomic E-state index is -1.04. The number of rotatable bonds is 7. The zero-order valence-electron chi connectivity index (χ0n) is 10.9. The maximum absolute atomic E-state index is 10.3. The first-order chi connectivity index (χ1) is 9.67. The number of aromatic nitrogens is 2. The Labute approximate surface area is 115 Å². The van der Waals surface area contributed by atoms with Crippen molar-refractivity contribution in [2.24, 2.45) is 0 Å². The molecule has 1 heterocycles. The molecule has 0 spiro atoms. The zero-order valence-corrected chi connectivity index (χ0v) is 10.9. The van der Waals surface area contributed by atoms with Crippen LogP contribution in [-0.4, -0.2) is 34.9 Å². The lowest BCUT2D eigenvalue weighted by molar-refractivity contribution is -0.142. The number of carboxylic acid groups (broad SMARTS) is 1. The molecule has 0 saturated carbocycles. The van der Waals surface area contributed by atoms with Gasteiger partial charge in [0.2, 0.25) is 0 Å². The lowest BCUT2D eigenvalue weighted by Crippen LogP contribution is -2.06. The second-order valence-electron chi connectivity index (χ2n) is 4.02. The monoisotopic (exact) mass is 278 g/mol. The summed E-state index contributed by atoms with van der Waals surface area (Å²) in [7, 11) is 1.61. The van der Waals surface area contributed by atoms with Gasteiger partial charge in [0, 0.05) is 6.42 Å². The van der Waals surface area contributed by atoms with Crippen LogP contribution in [0.25, 0.3) is 0 Å². The van der Waals surface area contributed by atoms with Crippen molar-refractivity contribution in [1.82, 2.24) is 10.1 Å². The van der Waals surface area contributed by atoms with E-state index in [9.17, 15) is 4.79 Å². The zero-order chi connectivity index (χ0) is 14.4. The minimum Gasteiger partial charge on any atom is -0.497 e. The van der Waals surface area contributed by atoms with E-state index in [4.69, 9.17) is 19.1 Å². The first kappa shape index (κ1) is 14.0. The van der Waals surface area contributed by atoms with Gasteiger partial charge in [-0.2, -0.15) is 4.98 Å². The Morgan fingerprint density at radius 3 is 2.75 bits per heavy atom. The molecule has 0 aliphatic rings. The number of benzene rings is 1. The highest BCUT2D eigenvalue weighted by Crippen LogP contribution is 2.13. The molecular formula is C13H14N2O5. The largest absolute Gasteiger partial charge is 0.497 e. The third-order valence-corrected chi connectivity index (χ3v) is 2.48. The van der Waals surface area contributed by atoms with E-state index >= 15 is 0 Å². The fourth-order valence-corrected chi connectivity index (χ4v) is 1.57. The number of methoxy groups -OCH3 is 1. The Morgan fingerprint density at radius 1 is 1.35 bits per heavy atom. The second kappa shape index (κ2) is 6.67. The molecule has 0 atom stereocenters. The van der Waals surface area contributed by atoms with Crippen LogP contribution in [0.5, 0.6) is 5.75 Å². The van der Waals surface area contributed by atoms with Gasteiger partial charge in [-0.1, -0.05) is 17.3 Å². The van der Waals surface area contributed by atoms with Crippen molar-refractivity contribution < 1.29 is 23.9 Å². The number of carboxylic acids is 1. The summed E-state index contributed by atoms with van der Waals surface area (Å²) in [5, 5.41) is 12.2. The maximum Gasteiger partial charge on any atom is 0.329 e. The summed E-state index contributed by atoms with van der Waals surface area (Å²) in [5.41, 5.74) is 1.02. The average molecular weight is 278 g/mol. The standard InChI is InChI=1S/C13H14N2O5/c1-18-10-4-2-9(3-5-10)6-11-14-12(20-15-11)7-19-8-13(16)17/h2-5H,6-8H2,1H3,(H,16,17). The summed E-state index contributed by atoms with van der Waals surface area (Å²) in [4.78, 5) is 14.4. The topological polar surface area (TPSA) is 94.7 Å². The van der Waals surface area contributed by atoms with Crippen LogP contribution in [0.15, 0.2) is 28.8 Å². The van der Waals surface area contributed by atoms with Crippen LogP contribution in [0.3, 0.4) is 0 Å². The molecule has 7 heteroatoms. The van der Waals surface area contributed by atoms with Crippen molar-refractivity contribution in [1.29, 1.82) is 0 Å². The molecule has 0 radical (unpaired) electrons. The number of carbonyl (C=O) groups is 1. The number of aliphatic carboxylic acids is 1. The summed E-state index contributed by atoms with van der Waals surface area (Å²) < 4.78 is 14.9. The van der Waals surface area contributed by atoms with Gasteiger partial charge in [-0.15, -0.1) is 0 Å². The van der Waals surface area contributed by atoms with E-state index in [0.717, 1.165) is 11.3 Å². The van der Waals surface area contributed by atoms with Crippen LogP contribution >= 0.6 is 0 Å². The predicted molar refractivity (Wildman–Crippen MR) is 67.4 cm³/mol. The average Bonchev–Trinajstić information content (AvgIpc) is 2.87. The molecule has 20 heavy (non-hydrogen) atoms. The lowest BCUT2D eigenvalue weighted by Gasteiger charge is -2.00. The Bertz CT molecular complexity index is 564. The van der Waals surface area contributed by atoms with E-state index in [1.807, 2.05) is 24.3 Å². The highest BCUT2D eigenvalue weighted by atomic mass is 16.5. The fourth-order valence-electron chi connectivity index (χ4n) is 1.57. The molecule has 0 amide bonds. The lowest BCUT2D eigenvalue weighted by atomic mass is 10.1. The van der Waals surface area contributed by atoms with E-state index in [-0.39, 0.29) is 12.5 Å². The van der Waals surface area contributed by atoms with Crippen LogP contribution in [0.2, 0.25) is 0 Å². The van der Waals surface area contributed by atoms with E-state index < -0.39 is 12.6 Å². The Morgan fingerprint density at radius 2 is 2.10 bits per heavy atom. The molecule has 0 bridgehead atoms. The van der Waals surface area contributed by atoms with Crippen molar-refractivity contribution in [3.8, 4) is 5.75 Å². The van der Waals surface area contributed by atoms with Crippen LogP contribution in [0, 0.1) is 0 Å². The van der Waals surface area contributed by atoms with Gasteiger partial charge in [-0.05, 0) is 17.7 Å². The Balaban J connectivity index is 1.89. The minimum absolute atomic E-state index is 0.0120. The molecule has 0 saturated heterocycles. The van der Waals surface area contributed by atoms with Crippen molar-refractivity contribution in [2.45, 2.75) is 13.0 Å². The molecule has 1 N–H and O–H groups in total. The Kier molecular flexibility index (Phi) is 4.67. The van der Waals surface area contributed by atoms with Gasteiger partial charge in [0.15, 0.2) is 5.82 Å². The van der Waals surface area contributed by atoms with Gasteiger partial charge in [-0.25, -0.2) is 4.79 Å². The summed E-state index contributed by atoms with van der Waals surface area (Å²) in [6.07, 6.45) is 0.520. The predicted octanol–water partition coefficient (Wildman–Crippen LogP) is 1.27. The van der Waals surface area contributed by atoms with E-state index in [0.29, 0.717) is 12.2 Å². The molecule has 0 fully saturated rings. The molecule has 2 aromatic rings. The van der Waals surface area contributed by atoms with Gasteiger partial charge in [0.1, 0.15) is 19.0 Å². The second-order valence-corrected chi connectivity index (χ2v) is 4.02. The molecule has 2 rings (SSSR count). The first-order valence-electron chi connectivity index (χ1n) is 5.91. The van der Waals surface area contributed by atoms with Gasteiger partial charge in [0.05, 0.1) is 7.11 Å². The van der Waals surface area contributed by atoms with Crippen LogP contribution in [0.1, 0.15) is 17.3 Å². The van der Waals surface area contributed by atoms with Crippen molar-refractivity contribution in [2.75, 3.05) is 13.7 Å². The fraction of sp³-hybridized carbons (Fsp3) is 0.308. The highest BCUT2D eigenvalue weighted by molar-refractivity contribution is 5.67. The number of hydrogen-bond acceptors (Lipinski definition) is 6. The number of nitrogens with zero attached hydrogens (tertiary/aromatic N) is 2. The summed E-state index contributed by atoms with van der Waals surface area (Å²) in [5.74, 6) is 0.520. The third kappa shape index (κ3) is 4.06. The summed E-state index contributed by atoms with van der Waals surface area (Å²) in [6.45, 7) is -0.405. The number of ether oxygens (including phenoxy) is 2. The molecule has 1 aromatic heterocycles.